The molecule has 1 saturated heterocycles. The third kappa shape index (κ3) is 4.15. The van der Waals surface area contributed by atoms with Crippen LogP contribution in [0.1, 0.15) is 28.8 Å². The normalized spacial score (nSPS) is 15.0. The van der Waals surface area contributed by atoms with Gasteiger partial charge in [0.25, 0.3) is 5.91 Å². The van der Waals surface area contributed by atoms with Crippen LogP contribution in [-0.4, -0.2) is 37.0 Å². The molecule has 2 aromatic carbocycles. The van der Waals surface area contributed by atoms with E-state index in [1.54, 1.807) is 0 Å². The van der Waals surface area contributed by atoms with Crippen molar-refractivity contribution in [2.24, 2.45) is 0 Å². The quantitative estimate of drug-likeness (QED) is 0.919. The molecule has 3 rings (SSSR count). The Morgan fingerprint density at radius 2 is 1.75 bits per heavy atom. The molecule has 1 N–H and O–H groups in total. The van der Waals surface area contributed by atoms with Gasteiger partial charge in [0.15, 0.2) is 0 Å². The first-order valence-corrected chi connectivity index (χ1v) is 8.49. The molecule has 0 unspecified atom stereocenters. The fraction of sp³-hybridized carbons (Fsp3) is 0.350. The van der Waals surface area contributed by atoms with Crippen LogP contribution < -0.4 is 10.1 Å². The molecule has 1 fully saturated rings. The number of nitrogens with one attached hydrogen (secondary N) is 1. The summed E-state index contributed by atoms with van der Waals surface area (Å²) >= 11 is 0. The average molecular weight is 324 g/mol. The summed E-state index contributed by atoms with van der Waals surface area (Å²) in [6.07, 6.45) is 2.03. The molecule has 0 radical (unpaired) electrons. The zero-order valence-corrected chi connectivity index (χ0v) is 14.1. The molecule has 4 heteroatoms. The van der Waals surface area contributed by atoms with E-state index in [9.17, 15) is 4.79 Å². The zero-order chi connectivity index (χ0) is 16.8. The average Bonchev–Trinajstić information content (AvgIpc) is 2.67. The lowest BCUT2D eigenvalue weighted by Gasteiger charge is -2.31. The predicted octanol–water partition coefficient (Wildman–Crippen LogP) is 3.09. The van der Waals surface area contributed by atoms with Crippen molar-refractivity contribution in [3.63, 3.8) is 0 Å². The van der Waals surface area contributed by atoms with Crippen molar-refractivity contribution < 1.29 is 9.53 Å². The fourth-order valence-electron chi connectivity index (χ4n) is 3.00. The lowest BCUT2D eigenvalue weighted by molar-refractivity contribution is 0.0703. The molecule has 0 saturated carbocycles. The molecule has 0 atom stereocenters. The molecular weight excluding hydrogens is 300 g/mol. The van der Waals surface area contributed by atoms with Gasteiger partial charge in [-0.15, -0.1) is 0 Å². The standard InChI is InChI=1S/C20H24N2O2/c1-22(18-11-13-21-14-12-18)20(23)17-7-9-19(10-8-17)24-15-16-5-3-2-4-6-16/h2-10,18,21H,11-15H2,1H3. The van der Waals surface area contributed by atoms with E-state index in [0.717, 1.165) is 37.2 Å². The van der Waals surface area contributed by atoms with E-state index in [1.165, 1.54) is 0 Å². The summed E-state index contributed by atoms with van der Waals surface area (Å²) in [4.78, 5) is 14.5. The Labute approximate surface area is 143 Å². The van der Waals surface area contributed by atoms with Gasteiger partial charge in [0.1, 0.15) is 12.4 Å². The molecule has 1 aliphatic rings. The summed E-state index contributed by atoms with van der Waals surface area (Å²) in [5.41, 5.74) is 1.84. The van der Waals surface area contributed by atoms with E-state index >= 15 is 0 Å². The van der Waals surface area contributed by atoms with Gasteiger partial charge in [0, 0.05) is 18.7 Å². The molecule has 24 heavy (non-hydrogen) atoms. The van der Waals surface area contributed by atoms with Gasteiger partial charge in [-0.1, -0.05) is 30.3 Å². The van der Waals surface area contributed by atoms with Crippen LogP contribution in [0, 0.1) is 0 Å². The third-order valence-corrected chi connectivity index (χ3v) is 4.53. The summed E-state index contributed by atoms with van der Waals surface area (Å²) in [6.45, 7) is 2.49. The second-order valence-electron chi connectivity index (χ2n) is 6.20. The molecule has 0 aliphatic carbocycles. The lowest BCUT2D eigenvalue weighted by Crippen LogP contribution is -2.43. The van der Waals surface area contributed by atoms with Gasteiger partial charge >= 0.3 is 0 Å². The van der Waals surface area contributed by atoms with Gasteiger partial charge in [0.05, 0.1) is 0 Å². The first-order chi connectivity index (χ1) is 11.7. The number of hydrogen-bond acceptors (Lipinski definition) is 3. The van der Waals surface area contributed by atoms with Gasteiger partial charge in [-0.25, -0.2) is 0 Å². The van der Waals surface area contributed by atoms with Crippen LogP contribution in [0.3, 0.4) is 0 Å². The summed E-state index contributed by atoms with van der Waals surface area (Å²) in [7, 11) is 1.90. The first-order valence-electron chi connectivity index (χ1n) is 8.49. The van der Waals surface area contributed by atoms with E-state index in [4.69, 9.17) is 4.74 Å². The summed E-state index contributed by atoms with van der Waals surface area (Å²) in [5.74, 6) is 0.858. The van der Waals surface area contributed by atoms with Crippen molar-refractivity contribution in [2.75, 3.05) is 20.1 Å². The van der Waals surface area contributed by atoms with E-state index in [-0.39, 0.29) is 5.91 Å². The highest BCUT2D eigenvalue weighted by atomic mass is 16.5. The van der Waals surface area contributed by atoms with Crippen LogP contribution in [-0.2, 0) is 6.61 Å². The van der Waals surface area contributed by atoms with Gasteiger partial charge < -0.3 is 15.0 Å². The highest BCUT2D eigenvalue weighted by Crippen LogP contribution is 2.18. The smallest absolute Gasteiger partial charge is 0.253 e. The van der Waals surface area contributed by atoms with E-state index < -0.39 is 0 Å². The van der Waals surface area contributed by atoms with Crippen molar-refractivity contribution in [1.29, 1.82) is 0 Å². The Morgan fingerprint density at radius 1 is 1.08 bits per heavy atom. The molecule has 4 nitrogen and oxygen atoms in total. The van der Waals surface area contributed by atoms with Gasteiger partial charge in [-0.2, -0.15) is 0 Å². The van der Waals surface area contributed by atoms with Crippen LogP contribution in [0.2, 0.25) is 0 Å². The number of nitrogens with zero attached hydrogens (tertiary/aromatic N) is 1. The molecule has 1 amide bonds. The maximum absolute atomic E-state index is 12.6. The van der Waals surface area contributed by atoms with Gasteiger partial charge in [0.2, 0.25) is 0 Å². The molecule has 0 aromatic heterocycles. The van der Waals surface area contributed by atoms with Crippen LogP contribution in [0.25, 0.3) is 0 Å². The molecular formula is C20H24N2O2. The predicted molar refractivity (Wildman–Crippen MR) is 95.2 cm³/mol. The summed E-state index contributed by atoms with van der Waals surface area (Å²) in [6, 6.07) is 17.8. The Bertz CT molecular complexity index is 649. The highest BCUT2D eigenvalue weighted by Gasteiger charge is 2.22. The molecule has 1 aliphatic heterocycles. The zero-order valence-electron chi connectivity index (χ0n) is 14.1. The second-order valence-corrected chi connectivity index (χ2v) is 6.20. The molecule has 0 spiro atoms. The van der Waals surface area contributed by atoms with Crippen molar-refractivity contribution in [3.05, 3.63) is 65.7 Å². The Kier molecular flexibility index (Phi) is 5.49. The first kappa shape index (κ1) is 16.5. The van der Waals surface area contributed by atoms with Crippen LogP contribution in [0.15, 0.2) is 54.6 Å². The number of amides is 1. The van der Waals surface area contributed by atoms with Crippen molar-refractivity contribution in [3.8, 4) is 5.75 Å². The van der Waals surface area contributed by atoms with Crippen LogP contribution in [0.4, 0.5) is 0 Å². The monoisotopic (exact) mass is 324 g/mol. The van der Waals surface area contributed by atoms with E-state index in [2.05, 4.69) is 5.32 Å². The minimum atomic E-state index is 0.0801. The lowest BCUT2D eigenvalue weighted by atomic mass is 10.0. The minimum Gasteiger partial charge on any atom is -0.489 e. The van der Waals surface area contributed by atoms with Crippen molar-refractivity contribution in [1.82, 2.24) is 10.2 Å². The Balaban J connectivity index is 1.58. The van der Waals surface area contributed by atoms with Crippen molar-refractivity contribution in [2.45, 2.75) is 25.5 Å². The number of carbonyl (C=O) groups excluding carboxylic acids is 1. The van der Waals surface area contributed by atoms with Gasteiger partial charge in [-0.3, -0.25) is 4.79 Å². The number of piperidine rings is 1. The Morgan fingerprint density at radius 3 is 2.42 bits per heavy atom. The van der Waals surface area contributed by atoms with Crippen molar-refractivity contribution >= 4 is 5.91 Å². The van der Waals surface area contributed by atoms with E-state index in [1.807, 2.05) is 66.5 Å². The topological polar surface area (TPSA) is 41.6 Å². The third-order valence-electron chi connectivity index (χ3n) is 4.53. The minimum absolute atomic E-state index is 0.0801. The maximum Gasteiger partial charge on any atom is 0.253 e. The number of carbonyl (C=O) groups is 1. The fourth-order valence-corrected chi connectivity index (χ4v) is 3.00. The SMILES string of the molecule is CN(C(=O)c1ccc(OCc2ccccc2)cc1)C1CCNCC1. The number of hydrogen-bond donors (Lipinski definition) is 1. The second kappa shape index (κ2) is 7.97. The van der Waals surface area contributed by atoms with Crippen LogP contribution >= 0.6 is 0 Å². The van der Waals surface area contributed by atoms with E-state index in [0.29, 0.717) is 18.2 Å². The molecule has 126 valence electrons. The largest absolute Gasteiger partial charge is 0.489 e. The summed E-state index contributed by atoms with van der Waals surface area (Å²) < 4.78 is 5.77. The number of rotatable bonds is 5. The number of benzene rings is 2. The van der Waals surface area contributed by atoms with Crippen LogP contribution in [0.5, 0.6) is 5.75 Å². The summed E-state index contributed by atoms with van der Waals surface area (Å²) in [5, 5.41) is 3.33. The highest BCUT2D eigenvalue weighted by molar-refractivity contribution is 5.94. The maximum atomic E-state index is 12.6. The van der Waals surface area contributed by atoms with Gasteiger partial charge in [-0.05, 0) is 55.8 Å². The number of ether oxygens (including phenoxy) is 1. The Hall–Kier alpha value is -2.33. The molecule has 2 aromatic rings. The molecule has 0 bridgehead atoms. The molecule has 1 heterocycles.